The number of nitrogens with one attached hydrogen (secondary N) is 1. The molecule has 0 atom stereocenters. The van der Waals surface area contributed by atoms with Crippen molar-refractivity contribution >= 4 is 22.9 Å². The summed E-state index contributed by atoms with van der Waals surface area (Å²) in [6, 6.07) is 5.51. The number of amides is 1. The Kier molecular flexibility index (Phi) is 4.35. The number of anilines is 1. The van der Waals surface area contributed by atoms with E-state index in [0.29, 0.717) is 24.6 Å². The lowest BCUT2D eigenvalue weighted by atomic mass is 10.3. The zero-order valence-electron chi connectivity index (χ0n) is 10.6. The summed E-state index contributed by atoms with van der Waals surface area (Å²) in [7, 11) is 0. The predicted molar refractivity (Wildman–Crippen MR) is 75.6 cm³/mol. The van der Waals surface area contributed by atoms with Crippen molar-refractivity contribution in [3.63, 3.8) is 0 Å². The summed E-state index contributed by atoms with van der Waals surface area (Å²) < 4.78 is 5.27. The van der Waals surface area contributed by atoms with Crippen LogP contribution in [0.15, 0.2) is 29.8 Å². The van der Waals surface area contributed by atoms with Gasteiger partial charge in [-0.2, -0.15) is 0 Å². The third-order valence-electron chi connectivity index (χ3n) is 2.43. The number of hydrogen-bond acceptors (Lipinski definition) is 5. The SMILES string of the molecule is CCOc1ccc(NCc2cc(C(N)=O)cs2)cn1. The van der Waals surface area contributed by atoms with Gasteiger partial charge in [-0.3, -0.25) is 4.79 Å². The molecule has 3 N–H and O–H groups in total. The van der Waals surface area contributed by atoms with E-state index in [1.165, 1.54) is 11.3 Å². The van der Waals surface area contributed by atoms with Crippen LogP contribution in [0.4, 0.5) is 5.69 Å². The van der Waals surface area contributed by atoms with Gasteiger partial charge in [0.25, 0.3) is 0 Å². The van der Waals surface area contributed by atoms with Gasteiger partial charge in [0.1, 0.15) is 0 Å². The minimum absolute atomic E-state index is 0.398. The largest absolute Gasteiger partial charge is 0.478 e. The minimum Gasteiger partial charge on any atom is -0.478 e. The van der Waals surface area contributed by atoms with E-state index in [1.807, 2.05) is 19.1 Å². The molecule has 0 saturated heterocycles. The molecule has 2 aromatic heterocycles. The number of thiophene rings is 1. The molecule has 0 aliphatic carbocycles. The first-order valence-corrected chi connectivity index (χ1v) is 6.77. The van der Waals surface area contributed by atoms with Crippen LogP contribution in [0.5, 0.6) is 5.88 Å². The summed E-state index contributed by atoms with van der Waals surface area (Å²) in [6.07, 6.45) is 1.72. The van der Waals surface area contributed by atoms with Gasteiger partial charge in [0.15, 0.2) is 0 Å². The van der Waals surface area contributed by atoms with Crippen LogP contribution in [0.3, 0.4) is 0 Å². The molecular formula is C13H15N3O2S. The highest BCUT2D eigenvalue weighted by Crippen LogP contribution is 2.17. The molecule has 19 heavy (non-hydrogen) atoms. The molecule has 0 aliphatic heterocycles. The van der Waals surface area contributed by atoms with Crippen LogP contribution >= 0.6 is 11.3 Å². The molecule has 2 aromatic rings. The fraction of sp³-hybridized carbons (Fsp3) is 0.231. The Bertz CT molecular complexity index is 551. The summed E-state index contributed by atoms with van der Waals surface area (Å²) >= 11 is 1.50. The number of carbonyl (C=O) groups is 1. The van der Waals surface area contributed by atoms with Crippen molar-refractivity contribution < 1.29 is 9.53 Å². The van der Waals surface area contributed by atoms with Gasteiger partial charge in [0.05, 0.1) is 24.1 Å². The summed E-state index contributed by atoms with van der Waals surface area (Å²) in [5.41, 5.74) is 6.65. The molecule has 0 bridgehead atoms. The number of primary amides is 1. The van der Waals surface area contributed by atoms with E-state index in [0.717, 1.165) is 10.6 Å². The van der Waals surface area contributed by atoms with E-state index in [9.17, 15) is 4.79 Å². The first-order valence-electron chi connectivity index (χ1n) is 5.89. The molecule has 0 radical (unpaired) electrons. The van der Waals surface area contributed by atoms with Gasteiger partial charge < -0.3 is 15.8 Å². The van der Waals surface area contributed by atoms with Gasteiger partial charge in [-0.05, 0) is 19.1 Å². The molecular weight excluding hydrogens is 262 g/mol. The summed E-state index contributed by atoms with van der Waals surface area (Å²) in [4.78, 5) is 16.2. The van der Waals surface area contributed by atoms with E-state index >= 15 is 0 Å². The molecule has 0 fully saturated rings. The Morgan fingerprint density at radius 3 is 2.95 bits per heavy atom. The molecule has 0 spiro atoms. The average Bonchev–Trinajstić information content (AvgIpc) is 2.87. The second-order valence-electron chi connectivity index (χ2n) is 3.84. The van der Waals surface area contributed by atoms with Crippen LogP contribution in [-0.2, 0) is 6.54 Å². The summed E-state index contributed by atoms with van der Waals surface area (Å²) in [6.45, 7) is 3.15. The van der Waals surface area contributed by atoms with Crippen molar-refractivity contribution in [2.75, 3.05) is 11.9 Å². The van der Waals surface area contributed by atoms with Crippen LogP contribution in [0.25, 0.3) is 0 Å². The normalized spacial score (nSPS) is 10.2. The zero-order chi connectivity index (χ0) is 13.7. The Balaban J connectivity index is 1.92. The fourth-order valence-corrected chi connectivity index (χ4v) is 2.32. The van der Waals surface area contributed by atoms with Crippen molar-refractivity contribution in [1.82, 2.24) is 4.98 Å². The molecule has 2 heterocycles. The summed E-state index contributed by atoms with van der Waals surface area (Å²) in [5.74, 6) is 0.213. The predicted octanol–water partition coefficient (Wildman–Crippen LogP) is 2.25. The van der Waals surface area contributed by atoms with Crippen molar-refractivity contribution in [3.8, 4) is 5.88 Å². The second kappa shape index (κ2) is 6.19. The molecule has 100 valence electrons. The number of ether oxygens (including phenoxy) is 1. The van der Waals surface area contributed by atoms with Gasteiger partial charge in [0, 0.05) is 22.9 Å². The maximum absolute atomic E-state index is 11.0. The number of hydrogen-bond donors (Lipinski definition) is 2. The van der Waals surface area contributed by atoms with Crippen molar-refractivity contribution in [2.45, 2.75) is 13.5 Å². The van der Waals surface area contributed by atoms with Crippen LogP contribution < -0.4 is 15.8 Å². The Morgan fingerprint density at radius 2 is 2.37 bits per heavy atom. The number of nitrogens with two attached hydrogens (primary N) is 1. The topological polar surface area (TPSA) is 77.2 Å². The Labute approximate surface area is 115 Å². The molecule has 0 saturated carbocycles. The van der Waals surface area contributed by atoms with Crippen molar-refractivity contribution in [2.24, 2.45) is 5.73 Å². The lowest BCUT2D eigenvalue weighted by molar-refractivity contribution is 0.100. The van der Waals surface area contributed by atoms with E-state index in [4.69, 9.17) is 10.5 Å². The molecule has 0 unspecified atom stereocenters. The van der Waals surface area contributed by atoms with Gasteiger partial charge in [-0.15, -0.1) is 11.3 Å². The first-order chi connectivity index (χ1) is 9.19. The highest BCUT2D eigenvalue weighted by molar-refractivity contribution is 7.10. The standard InChI is InChI=1S/C13H15N3O2S/c1-2-18-12-4-3-10(6-16-12)15-7-11-5-9(8-19-11)13(14)17/h3-6,8,15H,2,7H2,1H3,(H2,14,17). The Morgan fingerprint density at radius 1 is 1.53 bits per heavy atom. The highest BCUT2D eigenvalue weighted by atomic mass is 32.1. The fourth-order valence-electron chi connectivity index (χ4n) is 1.51. The zero-order valence-corrected chi connectivity index (χ0v) is 11.4. The van der Waals surface area contributed by atoms with Gasteiger partial charge in [0.2, 0.25) is 11.8 Å². The number of carbonyl (C=O) groups excluding carboxylic acids is 1. The van der Waals surface area contributed by atoms with Crippen LogP contribution in [-0.4, -0.2) is 17.5 Å². The molecule has 0 aromatic carbocycles. The van der Waals surface area contributed by atoms with Crippen LogP contribution in [0, 0.1) is 0 Å². The lowest BCUT2D eigenvalue weighted by Gasteiger charge is -2.05. The van der Waals surface area contributed by atoms with E-state index in [2.05, 4.69) is 10.3 Å². The molecule has 1 amide bonds. The number of nitrogens with zero attached hydrogens (tertiary/aromatic N) is 1. The second-order valence-corrected chi connectivity index (χ2v) is 4.83. The third-order valence-corrected chi connectivity index (χ3v) is 3.37. The third kappa shape index (κ3) is 3.69. The molecule has 0 aliphatic rings. The smallest absolute Gasteiger partial charge is 0.249 e. The molecule has 5 nitrogen and oxygen atoms in total. The number of pyridine rings is 1. The van der Waals surface area contributed by atoms with Gasteiger partial charge in [-0.1, -0.05) is 0 Å². The quantitative estimate of drug-likeness (QED) is 0.849. The van der Waals surface area contributed by atoms with Crippen LogP contribution in [0.2, 0.25) is 0 Å². The van der Waals surface area contributed by atoms with E-state index in [-0.39, 0.29) is 0 Å². The maximum atomic E-state index is 11.0. The van der Waals surface area contributed by atoms with Crippen molar-refractivity contribution in [3.05, 3.63) is 40.2 Å². The Hall–Kier alpha value is -2.08. The molecule has 2 rings (SSSR count). The number of rotatable bonds is 6. The minimum atomic E-state index is -0.398. The van der Waals surface area contributed by atoms with Gasteiger partial charge >= 0.3 is 0 Å². The lowest BCUT2D eigenvalue weighted by Crippen LogP contribution is -2.09. The maximum Gasteiger partial charge on any atom is 0.249 e. The first kappa shape index (κ1) is 13.4. The van der Waals surface area contributed by atoms with Crippen molar-refractivity contribution in [1.29, 1.82) is 0 Å². The van der Waals surface area contributed by atoms with E-state index < -0.39 is 5.91 Å². The monoisotopic (exact) mass is 277 g/mol. The highest BCUT2D eigenvalue weighted by Gasteiger charge is 2.04. The molecule has 6 heteroatoms. The summed E-state index contributed by atoms with van der Waals surface area (Å²) in [5, 5.41) is 4.98. The van der Waals surface area contributed by atoms with Gasteiger partial charge in [-0.25, -0.2) is 4.98 Å². The average molecular weight is 277 g/mol. The van der Waals surface area contributed by atoms with E-state index in [1.54, 1.807) is 17.6 Å². The number of aromatic nitrogens is 1. The van der Waals surface area contributed by atoms with Crippen LogP contribution in [0.1, 0.15) is 22.2 Å².